The molecule has 1 aromatic carbocycles. The minimum atomic E-state index is 0.0539. The number of pyridine rings is 1. The molecule has 0 bridgehead atoms. The van der Waals surface area contributed by atoms with Gasteiger partial charge in [-0.25, -0.2) is 4.98 Å². The van der Waals surface area contributed by atoms with Crippen molar-refractivity contribution in [2.45, 2.75) is 38.0 Å². The third kappa shape index (κ3) is 5.10. The molecule has 4 rings (SSSR count). The van der Waals surface area contributed by atoms with Crippen molar-refractivity contribution in [1.29, 1.82) is 0 Å². The summed E-state index contributed by atoms with van der Waals surface area (Å²) in [5.41, 5.74) is 2.32. The molecule has 2 aliphatic rings. The van der Waals surface area contributed by atoms with E-state index in [0.29, 0.717) is 5.11 Å². The fraction of sp³-hybridized carbons (Fsp3) is 0.500. The molecule has 2 fully saturated rings. The van der Waals surface area contributed by atoms with E-state index >= 15 is 0 Å². The van der Waals surface area contributed by atoms with Gasteiger partial charge in [0.1, 0.15) is 5.82 Å². The molecule has 0 radical (unpaired) electrons. The normalized spacial score (nSPS) is 21.1. The monoisotopic (exact) mass is 424 g/mol. The highest BCUT2D eigenvalue weighted by Gasteiger charge is 2.34. The summed E-state index contributed by atoms with van der Waals surface area (Å²) in [6.45, 7) is 6.87. The molecule has 0 unspecified atom stereocenters. The van der Waals surface area contributed by atoms with Crippen LogP contribution in [0.25, 0.3) is 0 Å². The number of aromatic nitrogens is 1. The van der Waals surface area contributed by atoms with Crippen LogP contribution in [0.1, 0.15) is 38.2 Å². The fourth-order valence-electron chi connectivity index (χ4n) is 4.59. The Hall–Kier alpha value is -2.18. The molecule has 3 heterocycles. The van der Waals surface area contributed by atoms with Crippen LogP contribution in [0.4, 0.5) is 11.5 Å². The maximum Gasteiger partial charge on any atom is 0.170 e. The second kappa shape index (κ2) is 9.75. The molecule has 5 nitrogen and oxygen atoms in total. The van der Waals surface area contributed by atoms with Gasteiger partial charge < -0.3 is 20.3 Å². The van der Waals surface area contributed by atoms with Crippen LogP contribution in [0.3, 0.4) is 0 Å². The Balaban J connectivity index is 1.35. The summed E-state index contributed by atoms with van der Waals surface area (Å²) in [6.07, 6.45) is 6.43. The third-order valence-electron chi connectivity index (χ3n) is 6.41. The molecule has 0 saturated carbocycles. The van der Waals surface area contributed by atoms with Crippen molar-refractivity contribution in [1.82, 2.24) is 10.3 Å². The van der Waals surface area contributed by atoms with Crippen LogP contribution in [0.2, 0.25) is 0 Å². The molecule has 2 N–H and O–H groups in total. The van der Waals surface area contributed by atoms with E-state index in [1.54, 1.807) is 0 Å². The van der Waals surface area contributed by atoms with E-state index in [4.69, 9.17) is 17.0 Å². The van der Waals surface area contributed by atoms with Gasteiger partial charge in [-0.2, -0.15) is 0 Å². The Labute approximate surface area is 185 Å². The van der Waals surface area contributed by atoms with Gasteiger partial charge >= 0.3 is 0 Å². The summed E-state index contributed by atoms with van der Waals surface area (Å²) < 4.78 is 5.63. The maximum absolute atomic E-state index is 5.63. The summed E-state index contributed by atoms with van der Waals surface area (Å²) in [6, 6.07) is 14.9. The van der Waals surface area contributed by atoms with Gasteiger partial charge in [0.15, 0.2) is 5.11 Å². The van der Waals surface area contributed by atoms with Crippen molar-refractivity contribution in [2.75, 3.05) is 43.1 Å². The second-order valence-corrected chi connectivity index (χ2v) is 9.07. The third-order valence-corrected chi connectivity index (χ3v) is 6.66. The SMILES string of the molecule is C[C@H]1CCCN(c2ccc(NC(=S)NCC3(c4ccccc4)CCOCC3)cn2)C1. The summed E-state index contributed by atoms with van der Waals surface area (Å²) in [7, 11) is 0. The number of hydrogen-bond acceptors (Lipinski definition) is 4. The van der Waals surface area contributed by atoms with Gasteiger partial charge in [-0.1, -0.05) is 37.3 Å². The number of nitrogens with one attached hydrogen (secondary N) is 2. The minimum Gasteiger partial charge on any atom is -0.381 e. The van der Waals surface area contributed by atoms with E-state index in [-0.39, 0.29) is 5.41 Å². The summed E-state index contributed by atoms with van der Waals surface area (Å²) >= 11 is 5.59. The number of benzene rings is 1. The van der Waals surface area contributed by atoms with Gasteiger partial charge in [-0.3, -0.25) is 0 Å². The van der Waals surface area contributed by atoms with Gasteiger partial charge in [0.25, 0.3) is 0 Å². The van der Waals surface area contributed by atoms with Crippen LogP contribution in [-0.4, -0.2) is 42.9 Å². The first-order valence-corrected chi connectivity index (χ1v) is 11.4. The highest BCUT2D eigenvalue weighted by Crippen LogP contribution is 2.34. The fourth-order valence-corrected chi connectivity index (χ4v) is 4.78. The summed E-state index contributed by atoms with van der Waals surface area (Å²) in [4.78, 5) is 7.04. The van der Waals surface area contributed by atoms with Gasteiger partial charge in [-0.05, 0) is 61.5 Å². The number of anilines is 2. The topological polar surface area (TPSA) is 49.4 Å². The van der Waals surface area contributed by atoms with Crippen molar-refractivity contribution in [3.8, 4) is 0 Å². The first-order chi connectivity index (χ1) is 14.6. The second-order valence-electron chi connectivity index (χ2n) is 8.66. The number of piperidine rings is 1. The van der Waals surface area contributed by atoms with Gasteiger partial charge in [-0.15, -0.1) is 0 Å². The molecule has 6 heteroatoms. The summed E-state index contributed by atoms with van der Waals surface area (Å²) in [5.74, 6) is 1.79. The molecular formula is C24H32N4OS. The lowest BCUT2D eigenvalue weighted by atomic mass is 9.74. The zero-order valence-electron chi connectivity index (χ0n) is 17.8. The molecule has 2 aliphatic heterocycles. The highest BCUT2D eigenvalue weighted by atomic mass is 32.1. The minimum absolute atomic E-state index is 0.0539. The molecule has 0 amide bonds. The van der Waals surface area contributed by atoms with E-state index in [1.807, 2.05) is 6.20 Å². The first kappa shape index (κ1) is 21.1. The van der Waals surface area contributed by atoms with Crippen LogP contribution in [0.15, 0.2) is 48.7 Å². The maximum atomic E-state index is 5.63. The van der Waals surface area contributed by atoms with Crippen LogP contribution in [0, 0.1) is 5.92 Å². The molecule has 1 aromatic heterocycles. The van der Waals surface area contributed by atoms with Crippen LogP contribution in [0.5, 0.6) is 0 Å². The number of rotatable bonds is 5. The van der Waals surface area contributed by atoms with Crippen molar-refractivity contribution >= 4 is 28.8 Å². The molecule has 2 aromatic rings. The predicted octanol–water partition coefficient (Wildman–Crippen LogP) is 4.35. The molecule has 160 valence electrons. The lowest BCUT2D eigenvalue weighted by Gasteiger charge is -2.38. The largest absolute Gasteiger partial charge is 0.381 e. The highest BCUT2D eigenvalue weighted by molar-refractivity contribution is 7.80. The quantitative estimate of drug-likeness (QED) is 0.696. The molecule has 2 saturated heterocycles. The first-order valence-electron chi connectivity index (χ1n) is 11.0. The van der Waals surface area contributed by atoms with Crippen molar-refractivity contribution < 1.29 is 4.74 Å². The molecule has 0 aliphatic carbocycles. The lowest BCUT2D eigenvalue weighted by molar-refractivity contribution is 0.0515. The van der Waals surface area contributed by atoms with Crippen LogP contribution < -0.4 is 15.5 Å². The number of nitrogens with zero attached hydrogens (tertiary/aromatic N) is 2. The van der Waals surface area contributed by atoms with E-state index in [1.165, 1.54) is 18.4 Å². The average Bonchev–Trinajstić information content (AvgIpc) is 2.79. The number of hydrogen-bond donors (Lipinski definition) is 2. The van der Waals surface area contributed by atoms with Crippen molar-refractivity contribution in [3.05, 3.63) is 54.2 Å². The van der Waals surface area contributed by atoms with Gasteiger partial charge in [0, 0.05) is 38.3 Å². The molecule has 1 atom stereocenters. The Morgan fingerprint density at radius 2 is 2.00 bits per heavy atom. The Kier molecular flexibility index (Phi) is 6.85. The molecule has 0 spiro atoms. The molecule has 30 heavy (non-hydrogen) atoms. The zero-order valence-corrected chi connectivity index (χ0v) is 18.6. The van der Waals surface area contributed by atoms with Crippen LogP contribution in [-0.2, 0) is 10.2 Å². The van der Waals surface area contributed by atoms with Gasteiger partial charge in [0.2, 0.25) is 0 Å². The number of thiocarbonyl (C=S) groups is 1. The van der Waals surface area contributed by atoms with Crippen molar-refractivity contribution in [2.24, 2.45) is 5.92 Å². The average molecular weight is 425 g/mol. The zero-order chi connectivity index (χ0) is 20.8. The van der Waals surface area contributed by atoms with Crippen molar-refractivity contribution in [3.63, 3.8) is 0 Å². The van der Waals surface area contributed by atoms with E-state index in [2.05, 4.69) is 69.9 Å². The van der Waals surface area contributed by atoms with E-state index in [0.717, 1.165) is 63.1 Å². The van der Waals surface area contributed by atoms with E-state index in [9.17, 15) is 0 Å². The number of ether oxygens (including phenoxy) is 1. The Morgan fingerprint density at radius 3 is 2.70 bits per heavy atom. The smallest absolute Gasteiger partial charge is 0.170 e. The lowest BCUT2D eigenvalue weighted by Crippen LogP contribution is -2.45. The Morgan fingerprint density at radius 1 is 1.20 bits per heavy atom. The standard InChI is InChI=1S/C24H32N4OS/c1-19-6-5-13-28(17-19)22-10-9-21(16-25-22)27-23(30)26-18-24(11-14-29-15-12-24)20-7-3-2-4-8-20/h2-4,7-10,16,19H,5-6,11-15,17-18H2,1H3,(H2,26,27,30)/t19-/m0/s1. The van der Waals surface area contributed by atoms with Crippen LogP contribution >= 0.6 is 12.2 Å². The molecular weight excluding hydrogens is 392 g/mol. The van der Waals surface area contributed by atoms with E-state index < -0.39 is 0 Å². The Bertz CT molecular complexity index is 821. The summed E-state index contributed by atoms with van der Waals surface area (Å²) in [5, 5.41) is 7.38. The van der Waals surface area contributed by atoms with Gasteiger partial charge in [0.05, 0.1) is 11.9 Å². The predicted molar refractivity (Wildman–Crippen MR) is 127 cm³/mol.